The molecule has 6 heteroatoms. The number of nitrogens with zero attached hydrogens (tertiary/aromatic N) is 2. The van der Waals surface area contributed by atoms with E-state index in [1.54, 1.807) is 0 Å². The molecule has 0 saturated carbocycles. The maximum Gasteiger partial charge on any atom is 0.231 e. The number of ether oxygens (including phenoxy) is 1. The van der Waals surface area contributed by atoms with Gasteiger partial charge in [0.25, 0.3) is 0 Å². The van der Waals surface area contributed by atoms with Gasteiger partial charge in [0.2, 0.25) is 5.91 Å². The molecule has 0 bridgehead atoms. The van der Waals surface area contributed by atoms with Crippen LogP contribution in [0.15, 0.2) is 6.33 Å². The summed E-state index contributed by atoms with van der Waals surface area (Å²) in [6.45, 7) is 6.54. The van der Waals surface area contributed by atoms with Gasteiger partial charge in [0.1, 0.15) is 17.8 Å². The second-order valence-corrected chi connectivity index (χ2v) is 5.28. The number of anilines is 1. The topological polar surface area (TPSA) is 79.9 Å². The number of carbonyl (C=O) groups is 1. The van der Waals surface area contributed by atoms with E-state index in [0.717, 1.165) is 28.7 Å². The van der Waals surface area contributed by atoms with Crippen LogP contribution in [0.4, 0.5) is 5.82 Å². The summed E-state index contributed by atoms with van der Waals surface area (Å²) in [5, 5.41) is 3.80. The fourth-order valence-corrected chi connectivity index (χ4v) is 2.67. The second kappa shape index (κ2) is 4.86. The quantitative estimate of drug-likeness (QED) is 0.877. The zero-order valence-electron chi connectivity index (χ0n) is 11.9. The molecule has 1 fully saturated rings. The summed E-state index contributed by atoms with van der Waals surface area (Å²) in [4.78, 5) is 23.9. The fourth-order valence-electron chi connectivity index (χ4n) is 2.67. The molecule has 1 amide bonds. The van der Waals surface area contributed by atoms with Crippen molar-refractivity contribution in [2.75, 3.05) is 11.9 Å². The number of aromatic nitrogens is 3. The number of fused-ring (bicyclic) bond motifs is 1. The van der Waals surface area contributed by atoms with Gasteiger partial charge in [-0.1, -0.05) is 0 Å². The summed E-state index contributed by atoms with van der Waals surface area (Å²) in [5.74, 6) is 0.426. The van der Waals surface area contributed by atoms with E-state index in [9.17, 15) is 4.79 Å². The van der Waals surface area contributed by atoms with E-state index in [-0.39, 0.29) is 17.9 Å². The highest BCUT2D eigenvalue weighted by Gasteiger charge is 2.31. The standard InChI is InChI=1S/C14H18N4O2/c1-7-8(2)17-12-11(7)13(16-6-15-12)18-14(19)10-4-5-20-9(10)3/h6,9-10H,4-5H2,1-3H3,(H2,15,16,17,18,19). The summed E-state index contributed by atoms with van der Waals surface area (Å²) in [5.41, 5.74) is 2.85. The van der Waals surface area contributed by atoms with Gasteiger partial charge in [0, 0.05) is 12.3 Å². The van der Waals surface area contributed by atoms with E-state index in [2.05, 4.69) is 20.3 Å². The number of aromatic amines is 1. The van der Waals surface area contributed by atoms with Crippen LogP contribution < -0.4 is 5.32 Å². The van der Waals surface area contributed by atoms with E-state index >= 15 is 0 Å². The first-order valence-corrected chi connectivity index (χ1v) is 6.80. The van der Waals surface area contributed by atoms with Crippen molar-refractivity contribution in [3.05, 3.63) is 17.6 Å². The van der Waals surface area contributed by atoms with Gasteiger partial charge in [-0.05, 0) is 32.8 Å². The zero-order valence-corrected chi connectivity index (χ0v) is 11.9. The van der Waals surface area contributed by atoms with Gasteiger partial charge < -0.3 is 15.0 Å². The minimum Gasteiger partial charge on any atom is -0.378 e. The number of rotatable bonds is 2. The average molecular weight is 274 g/mol. The van der Waals surface area contributed by atoms with Crippen LogP contribution in [-0.4, -0.2) is 33.6 Å². The molecule has 2 atom stereocenters. The number of amides is 1. The smallest absolute Gasteiger partial charge is 0.231 e. The first kappa shape index (κ1) is 13.1. The fraction of sp³-hybridized carbons (Fsp3) is 0.500. The largest absolute Gasteiger partial charge is 0.378 e. The molecule has 2 N–H and O–H groups in total. The number of hydrogen-bond acceptors (Lipinski definition) is 4. The van der Waals surface area contributed by atoms with Gasteiger partial charge in [-0.3, -0.25) is 4.79 Å². The maximum absolute atomic E-state index is 12.3. The van der Waals surface area contributed by atoms with Crippen molar-refractivity contribution in [2.45, 2.75) is 33.3 Å². The SMILES string of the molecule is Cc1[nH]c2ncnc(NC(=O)C3CCOC3C)c2c1C. The lowest BCUT2D eigenvalue weighted by Crippen LogP contribution is -2.28. The van der Waals surface area contributed by atoms with Crippen molar-refractivity contribution in [3.63, 3.8) is 0 Å². The molecule has 20 heavy (non-hydrogen) atoms. The molecule has 1 saturated heterocycles. The second-order valence-electron chi connectivity index (χ2n) is 5.28. The third kappa shape index (κ3) is 2.06. The van der Waals surface area contributed by atoms with Gasteiger partial charge in [-0.25, -0.2) is 9.97 Å². The number of H-pyrrole nitrogens is 1. The van der Waals surface area contributed by atoms with Crippen LogP contribution in [0.2, 0.25) is 0 Å². The molecule has 2 aromatic heterocycles. The first-order valence-electron chi connectivity index (χ1n) is 6.80. The minimum atomic E-state index is -0.111. The highest BCUT2D eigenvalue weighted by Crippen LogP contribution is 2.27. The molecule has 3 heterocycles. The van der Waals surface area contributed by atoms with Gasteiger partial charge in [0.05, 0.1) is 17.4 Å². The highest BCUT2D eigenvalue weighted by atomic mass is 16.5. The molecule has 1 aliphatic rings. The Morgan fingerprint density at radius 3 is 2.95 bits per heavy atom. The van der Waals surface area contributed by atoms with Gasteiger partial charge in [-0.2, -0.15) is 0 Å². The van der Waals surface area contributed by atoms with Crippen LogP contribution in [0.25, 0.3) is 11.0 Å². The molecule has 0 radical (unpaired) electrons. The van der Waals surface area contributed by atoms with Crippen LogP contribution in [-0.2, 0) is 9.53 Å². The van der Waals surface area contributed by atoms with E-state index < -0.39 is 0 Å². The summed E-state index contributed by atoms with van der Waals surface area (Å²) in [7, 11) is 0. The van der Waals surface area contributed by atoms with Crippen LogP contribution in [0.3, 0.4) is 0 Å². The van der Waals surface area contributed by atoms with Crippen LogP contribution >= 0.6 is 0 Å². The number of hydrogen-bond donors (Lipinski definition) is 2. The summed E-state index contributed by atoms with van der Waals surface area (Å²) in [6, 6.07) is 0. The zero-order chi connectivity index (χ0) is 14.3. The summed E-state index contributed by atoms with van der Waals surface area (Å²) >= 11 is 0. The van der Waals surface area contributed by atoms with Crippen molar-refractivity contribution in [2.24, 2.45) is 5.92 Å². The Morgan fingerprint density at radius 1 is 1.45 bits per heavy atom. The maximum atomic E-state index is 12.3. The van der Waals surface area contributed by atoms with E-state index in [0.29, 0.717) is 12.4 Å². The molecule has 0 aliphatic carbocycles. The van der Waals surface area contributed by atoms with Crippen LogP contribution in [0, 0.1) is 19.8 Å². The average Bonchev–Trinajstić information content (AvgIpc) is 2.95. The summed E-state index contributed by atoms with van der Waals surface area (Å²) in [6.07, 6.45) is 2.18. The molecule has 6 nitrogen and oxygen atoms in total. The Hall–Kier alpha value is -1.95. The van der Waals surface area contributed by atoms with Crippen molar-refractivity contribution in [3.8, 4) is 0 Å². The Kier molecular flexibility index (Phi) is 3.17. The molecule has 106 valence electrons. The lowest BCUT2D eigenvalue weighted by Gasteiger charge is -2.14. The molecule has 2 unspecified atom stereocenters. The summed E-state index contributed by atoms with van der Waals surface area (Å²) < 4.78 is 5.44. The predicted octanol–water partition coefficient (Wildman–Crippen LogP) is 1.94. The number of carbonyl (C=O) groups excluding carboxylic acids is 1. The molecular formula is C14H18N4O2. The monoisotopic (exact) mass is 274 g/mol. The third-order valence-electron chi connectivity index (χ3n) is 4.05. The molecule has 3 rings (SSSR count). The Labute approximate surface area is 117 Å². The molecule has 0 aromatic carbocycles. The van der Waals surface area contributed by atoms with Crippen molar-refractivity contribution in [1.82, 2.24) is 15.0 Å². The molecule has 0 spiro atoms. The third-order valence-corrected chi connectivity index (χ3v) is 4.05. The normalized spacial score (nSPS) is 22.4. The molecular weight excluding hydrogens is 256 g/mol. The first-order chi connectivity index (χ1) is 9.58. The lowest BCUT2D eigenvalue weighted by molar-refractivity contribution is -0.121. The minimum absolute atomic E-state index is 0.0340. The molecule has 2 aromatic rings. The van der Waals surface area contributed by atoms with Crippen LogP contribution in [0.5, 0.6) is 0 Å². The predicted molar refractivity (Wildman–Crippen MR) is 75.5 cm³/mol. The van der Waals surface area contributed by atoms with Gasteiger partial charge in [0.15, 0.2) is 0 Å². The van der Waals surface area contributed by atoms with Crippen molar-refractivity contribution >= 4 is 22.8 Å². The van der Waals surface area contributed by atoms with Crippen molar-refractivity contribution < 1.29 is 9.53 Å². The van der Waals surface area contributed by atoms with Gasteiger partial charge >= 0.3 is 0 Å². The highest BCUT2D eigenvalue weighted by molar-refractivity contribution is 6.01. The number of aryl methyl sites for hydroxylation is 2. The number of nitrogens with one attached hydrogen (secondary N) is 2. The Bertz CT molecular complexity index is 664. The molecule has 1 aliphatic heterocycles. The van der Waals surface area contributed by atoms with Gasteiger partial charge in [-0.15, -0.1) is 0 Å². The Balaban J connectivity index is 1.93. The van der Waals surface area contributed by atoms with Crippen molar-refractivity contribution in [1.29, 1.82) is 0 Å². The van der Waals surface area contributed by atoms with E-state index in [1.807, 2.05) is 20.8 Å². The van der Waals surface area contributed by atoms with Crippen LogP contribution in [0.1, 0.15) is 24.6 Å². The lowest BCUT2D eigenvalue weighted by atomic mass is 10.0. The Morgan fingerprint density at radius 2 is 2.25 bits per heavy atom. The van der Waals surface area contributed by atoms with E-state index in [1.165, 1.54) is 6.33 Å². The van der Waals surface area contributed by atoms with E-state index in [4.69, 9.17) is 4.74 Å².